The van der Waals surface area contributed by atoms with E-state index < -0.39 is 0 Å². The minimum Gasteiger partial charge on any atom is -0.274 e. The summed E-state index contributed by atoms with van der Waals surface area (Å²) >= 11 is 2.90. The summed E-state index contributed by atoms with van der Waals surface area (Å²) in [4.78, 5) is 4.17. The molecule has 0 aliphatic rings. The molecule has 0 bridgehead atoms. The summed E-state index contributed by atoms with van der Waals surface area (Å²) in [5, 5.41) is 11.5. The molecule has 3 heterocycles. The second-order valence-corrected chi connectivity index (χ2v) is 6.16. The van der Waals surface area contributed by atoms with Crippen LogP contribution in [0.1, 0.15) is 0 Å². The Morgan fingerprint density at radius 1 is 1.29 bits per heavy atom. The molecule has 0 saturated heterocycles. The van der Waals surface area contributed by atoms with Crippen molar-refractivity contribution >= 4 is 38.7 Å². The molecule has 0 saturated carbocycles. The zero-order valence-electron chi connectivity index (χ0n) is 10.9. The Balaban J connectivity index is 1.97. The average Bonchev–Trinajstić information content (AvgIpc) is 3.13. The fraction of sp³-hybridized carbons (Fsp3) is 0.0714. The first-order chi connectivity index (χ1) is 10.3. The van der Waals surface area contributed by atoms with Crippen LogP contribution >= 0.6 is 23.1 Å². The van der Waals surface area contributed by atoms with Gasteiger partial charge in [0.2, 0.25) is 0 Å². The lowest BCUT2D eigenvalue weighted by atomic mass is 10.1. The molecule has 0 radical (unpaired) electrons. The molecule has 3 aromatic heterocycles. The molecule has 0 N–H and O–H groups in total. The van der Waals surface area contributed by atoms with Gasteiger partial charge in [-0.25, -0.2) is 9.37 Å². The minimum absolute atomic E-state index is 0.181. The largest absolute Gasteiger partial charge is 0.274 e. The maximum atomic E-state index is 13.5. The van der Waals surface area contributed by atoms with Crippen molar-refractivity contribution in [3.05, 3.63) is 41.9 Å². The molecule has 0 fully saturated rings. The molecule has 0 amide bonds. The highest BCUT2D eigenvalue weighted by Crippen LogP contribution is 2.31. The molecule has 1 aromatic carbocycles. The Bertz CT molecular complexity index is 960. The molecule has 0 unspecified atom stereocenters. The molecule has 0 spiro atoms. The predicted octanol–water partition coefficient (Wildman–Crippen LogP) is 3.87. The number of aromatic nitrogens is 4. The van der Waals surface area contributed by atoms with Gasteiger partial charge >= 0.3 is 0 Å². The Kier molecular flexibility index (Phi) is 2.90. The number of nitrogens with zero attached hydrogens (tertiary/aromatic N) is 4. The molecule has 4 rings (SSSR count). The van der Waals surface area contributed by atoms with Gasteiger partial charge in [-0.15, -0.1) is 21.5 Å². The first-order valence-electron chi connectivity index (χ1n) is 6.18. The number of fused-ring (bicyclic) bond motifs is 2. The van der Waals surface area contributed by atoms with Crippen molar-refractivity contribution in [2.45, 2.75) is 5.16 Å². The van der Waals surface area contributed by atoms with Crippen molar-refractivity contribution in [2.75, 3.05) is 6.26 Å². The number of hydrogen-bond acceptors (Lipinski definition) is 5. The van der Waals surface area contributed by atoms with Crippen LogP contribution in [0, 0.1) is 5.82 Å². The fourth-order valence-electron chi connectivity index (χ4n) is 2.30. The normalized spacial score (nSPS) is 11.5. The summed E-state index contributed by atoms with van der Waals surface area (Å²) in [6.07, 6.45) is 5.44. The minimum atomic E-state index is -0.181. The number of benzene rings is 1. The van der Waals surface area contributed by atoms with Crippen LogP contribution in [-0.4, -0.2) is 25.8 Å². The highest BCUT2D eigenvalue weighted by molar-refractivity contribution is 7.98. The van der Waals surface area contributed by atoms with E-state index >= 15 is 0 Å². The molecule has 0 aliphatic carbocycles. The van der Waals surface area contributed by atoms with Crippen molar-refractivity contribution in [1.29, 1.82) is 0 Å². The van der Waals surface area contributed by atoms with Gasteiger partial charge in [-0.2, -0.15) is 0 Å². The lowest BCUT2D eigenvalue weighted by Gasteiger charge is -2.05. The van der Waals surface area contributed by atoms with Gasteiger partial charge in [0.1, 0.15) is 17.8 Å². The van der Waals surface area contributed by atoms with E-state index in [-0.39, 0.29) is 5.82 Å². The van der Waals surface area contributed by atoms with Crippen molar-refractivity contribution in [1.82, 2.24) is 19.6 Å². The number of imidazole rings is 1. The molecule has 0 aliphatic heterocycles. The van der Waals surface area contributed by atoms with Crippen LogP contribution in [0.3, 0.4) is 0 Å². The summed E-state index contributed by atoms with van der Waals surface area (Å²) in [6, 6.07) is 5.60. The molecule has 104 valence electrons. The van der Waals surface area contributed by atoms with Crippen LogP contribution in [0.2, 0.25) is 0 Å². The molecule has 0 atom stereocenters. The van der Waals surface area contributed by atoms with Gasteiger partial charge in [0.15, 0.2) is 5.16 Å². The zero-order chi connectivity index (χ0) is 14.4. The van der Waals surface area contributed by atoms with Crippen molar-refractivity contribution in [3.8, 4) is 11.3 Å². The SMILES string of the molecule is CSc1nnc(-c2ccc3c(F)csc3c2)c2cncn12. The third-order valence-corrected chi connectivity index (χ3v) is 4.87. The molecule has 4 aromatic rings. The Labute approximate surface area is 127 Å². The summed E-state index contributed by atoms with van der Waals surface area (Å²) in [7, 11) is 0. The number of thioether (sulfide) groups is 1. The standard InChI is InChI=1S/C14H9FN4S2/c1-20-14-18-17-13(11-5-16-7-19(11)14)8-2-3-9-10(15)6-21-12(9)4-8/h2-7H,1H3. The van der Waals surface area contributed by atoms with Crippen molar-refractivity contribution < 1.29 is 4.39 Å². The summed E-state index contributed by atoms with van der Waals surface area (Å²) in [5.74, 6) is -0.181. The van der Waals surface area contributed by atoms with E-state index in [4.69, 9.17) is 0 Å². The average molecular weight is 316 g/mol. The Morgan fingerprint density at radius 2 is 2.19 bits per heavy atom. The number of thiophene rings is 1. The van der Waals surface area contributed by atoms with Gasteiger partial charge in [0.25, 0.3) is 0 Å². The Hall–Kier alpha value is -1.99. The van der Waals surface area contributed by atoms with Gasteiger partial charge in [0.05, 0.1) is 11.7 Å². The lowest BCUT2D eigenvalue weighted by Crippen LogP contribution is -1.98. The van der Waals surface area contributed by atoms with Crippen LogP contribution in [-0.2, 0) is 0 Å². The molecule has 7 heteroatoms. The van der Waals surface area contributed by atoms with E-state index in [1.807, 2.05) is 22.8 Å². The van der Waals surface area contributed by atoms with Crippen LogP contribution < -0.4 is 0 Å². The van der Waals surface area contributed by atoms with E-state index in [2.05, 4.69) is 15.2 Å². The number of hydrogen-bond donors (Lipinski definition) is 0. The van der Waals surface area contributed by atoms with Crippen molar-refractivity contribution in [2.24, 2.45) is 0 Å². The van der Waals surface area contributed by atoms with Gasteiger partial charge in [0, 0.05) is 21.0 Å². The van der Waals surface area contributed by atoms with E-state index in [0.29, 0.717) is 5.39 Å². The molecule has 4 nitrogen and oxygen atoms in total. The number of rotatable bonds is 2. The monoisotopic (exact) mass is 316 g/mol. The Morgan fingerprint density at radius 3 is 3.05 bits per heavy atom. The van der Waals surface area contributed by atoms with E-state index in [1.54, 1.807) is 18.6 Å². The van der Waals surface area contributed by atoms with Gasteiger partial charge < -0.3 is 0 Å². The number of halogens is 1. The van der Waals surface area contributed by atoms with E-state index in [9.17, 15) is 4.39 Å². The summed E-state index contributed by atoms with van der Waals surface area (Å²) < 4.78 is 16.4. The van der Waals surface area contributed by atoms with Crippen LogP contribution in [0.4, 0.5) is 4.39 Å². The van der Waals surface area contributed by atoms with Crippen LogP contribution in [0.15, 0.2) is 41.3 Å². The smallest absolute Gasteiger partial charge is 0.195 e. The van der Waals surface area contributed by atoms with Gasteiger partial charge in [-0.3, -0.25) is 4.40 Å². The zero-order valence-corrected chi connectivity index (χ0v) is 12.6. The summed E-state index contributed by atoms with van der Waals surface area (Å²) in [6.45, 7) is 0. The fourth-order valence-corrected chi connectivity index (χ4v) is 3.61. The molecular weight excluding hydrogens is 307 g/mol. The molecular formula is C14H9FN4S2. The van der Waals surface area contributed by atoms with Crippen molar-refractivity contribution in [3.63, 3.8) is 0 Å². The quantitative estimate of drug-likeness (QED) is 0.527. The first kappa shape index (κ1) is 12.7. The predicted molar refractivity (Wildman–Crippen MR) is 83.3 cm³/mol. The van der Waals surface area contributed by atoms with E-state index in [1.165, 1.54) is 28.5 Å². The first-order valence-corrected chi connectivity index (χ1v) is 8.28. The lowest BCUT2D eigenvalue weighted by molar-refractivity contribution is 0.644. The second kappa shape index (κ2) is 4.78. The third-order valence-electron chi connectivity index (χ3n) is 3.31. The second-order valence-electron chi connectivity index (χ2n) is 4.48. The maximum Gasteiger partial charge on any atom is 0.195 e. The molecule has 21 heavy (non-hydrogen) atoms. The topological polar surface area (TPSA) is 43.1 Å². The van der Waals surface area contributed by atoms with Crippen LogP contribution in [0.25, 0.3) is 26.9 Å². The third kappa shape index (κ3) is 1.92. The highest BCUT2D eigenvalue weighted by atomic mass is 32.2. The highest BCUT2D eigenvalue weighted by Gasteiger charge is 2.12. The van der Waals surface area contributed by atoms with Gasteiger partial charge in [-0.05, 0) is 18.4 Å². The van der Waals surface area contributed by atoms with Crippen LogP contribution in [0.5, 0.6) is 0 Å². The summed E-state index contributed by atoms with van der Waals surface area (Å²) in [5.41, 5.74) is 2.56. The van der Waals surface area contributed by atoms with Gasteiger partial charge in [-0.1, -0.05) is 17.8 Å². The van der Waals surface area contributed by atoms with E-state index in [0.717, 1.165) is 26.6 Å². The maximum absolute atomic E-state index is 13.5.